The first-order chi connectivity index (χ1) is 8.67. The summed E-state index contributed by atoms with van der Waals surface area (Å²) in [5.74, 6) is 8.87. The number of rotatable bonds is 2. The number of carbonyl (C=O) groups excluding carboxylic acids is 2. The Bertz CT molecular complexity index is 571. The SMILES string of the molecule is NNC(=O)c1cc2ccccc2nc1C(=O)NN. The summed E-state index contributed by atoms with van der Waals surface area (Å²) in [7, 11) is 0. The lowest BCUT2D eigenvalue weighted by Crippen LogP contribution is -2.36. The Morgan fingerprint density at radius 3 is 2.39 bits per heavy atom. The molecular formula is C11H11N5O2. The van der Waals surface area contributed by atoms with Crippen molar-refractivity contribution in [3.8, 4) is 0 Å². The molecule has 2 aromatic rings. The van der Waals surface area contributed by atoms with E-state index in [1.807, 2.05) is 10.9 Å². The van der Waals surface area contributed by atoms with Gasteiger partial charge in [0.25, 0.3) is 11.8 Å². The maximum absolute atomic E-state index is 11.6. The Hall–Kier alpha value is -2.51. The summed E-state index contributed by atoms with van der Waals surface area (Å²) in [4.78, 5) is 27.3. The summed E-state index contributed by atoms with van der Waals surface area (Å²) in [6.45, 7) is 0. The first kappa shape index (κ1) is 12.0. The number of nitrogens with one attached hydrogen (secondary N) is 2. The molecule has 92 valence electrons. The molecule has 2 amide bonds. The van der Waals surface area contributed by atoms with Crippen LogP contribution in [0.15, 0.2) is 30.3 Å². The minimum atomic E-state index is -0.653. The van der Waals surface area contributed by atoms with Crippen molar-refractivity contribution in [1.82, 2.24) is 15.8 Å². The summed E-state index contributed by atoms with van der Waals surface area (Å²) in [6, 6.07) is 8.63. The first-order valence-electron chi connectivity index (χ1n) is 5.09. The van der Waals surface area contributed by atoms with Crippen LogP contribution in [0.25, 0.3) is 10.9 Å². The van der Waals surface area contributed by atoms with E-state index in [4.69, 9.17) is 11.7 Å². The Morgan fingerprint density at radius 2 is 1.72 bits per heavy atom. The molecule has 0 aliphatic carbocycles. The average Bonchev–Trinajstić information content (AvgIpc) is 2.44. The van der Waals surface area contributed by atoms with Gasteiger partial charge in [-0.15, -0.1) is 0 Å². The van der Waals surface area contributed by atoms with Gasteiger partial charge < -0.3 is 0 Å². The van der Waals surface area contributed by atoms with E-state index in [2.05, 4.69) is 4.98 Å². The summed E-state index contributed by atoms with van der Waals surface area (Å²) in [5.41, 5.74) is 4.49. The minimum absolute atomic E-state index is 0.0687. The van der Waals surface area contributed by atoms with Gasteiger partial charge in [0, 0.05) is 5.39 Å². The van der Waals surface area contributed by atoms with Crippen molar-refractivity contribution in [2.75, 3.05) is 0 Å². The third kappa shape index (κ3) is 1.99. The smallest absolute Gasteiger partial charge is 0.284 e. The molecular weight excluding hydrogens is 234 g/mol. The second-order valence-corrected chi connectivity index (χ2v) is 3.52. The van der Waals surface area contributed by atoms with E-state index in [1.54, 1.807) is 24.3 Å². The molecule has 2 rings (SSSR count). The standard InChI is InChI=1S/C11H11N5O2/c12-15-10(17)7-5-6-3-1-2-4-8(6)14-9(7)11(18)16-13/h1-5H,12-13H2,(H,15,17)(H,16,18). The van der Waals surface area contributed by atoms with E-state index in [0.717, 1.165) is 5.39 Å². The van der Waals surface area contributed by atoms with E-state index >= 15 is 0 Å². The van der Waals surface area contributed by atoms with Crippen LogP contribution in [-0.2, 0) is 0 Å². The number of para-hydroxylation sites is 1. The maximum Gasteiger partial charge on any atom is 0.284 e. The van der Waals surface area contributed by atoms with Crippen molar-refractivity contribution in [1.29, 1.82) is 0 Å². The number of aromatic nitrogens is 1. The van der Waals surface area contributed by atoms with Gasteiger partial charge >= 0.3 is 0 Å². The van der Waals surface area contributed by atoms with Crippen molar-refractivity contribution < 1.29 is 9.59 Å². The number of hydrazine groups is 2. The van der Waals surface area contributed by atoms with Gasteiger partial charge in [-0.25, -0.2) is 16.7 Å². The second kappa shape index (κ2) is 4.78. The number of nitrogens with zero attached hydrogens (tertiary/aromatic N) is 1. The third-order valence-corrected chi connectivity index (χ3v) is 2.45. The zero-order chi connectivity index (χ0) is 13.1. The van der Waals surface area contributed by atoms with Crippen LogP contribution in [0.5, 0.6) is 0 Å². The van der Waals surface area contributed by atoms with Gasteiger partial charge in [0.05, 0.1) is 11.1 Å². The Morgan fingerprint density at radius 1 is 1.06 bits per heavy atom. The quantitative estimate of drug-likeness (QED) is 0.321. The van der Waals surface area contributed by atoms with Crippen molar-refractivity contribution in [2.24, 2.45) is 11.7 Å². The molecule has 0 atom stereocenters. The molecule has 1 heterocycles. The van der Waals surface area contributed by atoms with Crippen LogP contribution < -0.4 is 22.5 Å². The van der Waals surface area contributed by atoms with Gasteiger partial charge in [0.15, 0.2) is 0 Å². The third-order valence-electron chi connectivity index (χ3n) is 2.45. The minimum Gasteiger partial charge on any atom is -0.290 e. The molecule has 0 saturated carbocycles. The van der Waals surface area contributed by atoms with Crippen molar-refractivity contribution >= 4 is 22.7 Å². The molecule has 18 heavy (non-hydrogen) atoms. The number of amides is 2. The molecule has 0 unspecified atom stereocenters. The van der Waals surface area contributed by atoms with E-state index in [-0.39, 0.29) is 11.3 Å². The molecule has 0 spiro atoms. The number of nitrogens with two attached hydrogens (primary N) is 2. The monoisotopic (exact) mass is 245 g/mol. The Kier molecular flexibility index (Phi) is 3.18. The first-order valence-corrected chi connectivity index (χ1v) is 5.09. The molecule has 1 aromatic carbocycles. The highest BCUT2D eigenvalue weighted by atomic mass is 16.2. The highest BCUT2D eigenvalue weighted by Gasteiger charge is 2.18. The maximum atomic E-state index is 11.6. The van der Waals surface area contributed by atoms with Gasteiger partial charge in [0.2, 0.25) is 0 Å². The number of nitrogen functional groups attached to an aromatic ring is 2. The molecule has 0 fully saturated rings. The summed E-state index contributed by atoms with van der Waals surface area (Å²) < 4.78 is 0. The predicted octanol–water partition coefficient (Wildman–Crippen LogP) is -0.558. The molecule has 0 aliphatic rings. The lowest BCUT2D eigenvalue weighted by Gasteiger charge is -2.08. The zero-order valence-corrected chi connectivity index (χ0v) is 9.31. The van der Waals surface area contributed by atoms with Crippen LogP contribution in [0.1, 0.15) is 20.8 Å². The Balaban J connectivity index is 2.71. The van der Waals surface area contributed by atoms with E-state index in [9.17, 15) is 9.59 Å². The highest BCUT2D eigenvalue weighted by molar-refractivity contribution is 6.08. The fourth-order valence-electron chi connectivity index (χ4n) is 1.61. The number of pyridine rings is 1. The van der Waals surface area contributed by atoms with Gasteiger partial charge in [-0.2, -0.15) is 0 Å². The van der Waals surface area contributed by atoms with Crippen LogP contribution in [0.2, 0.25) is 0 Å². The number of fused-ring (bicyclic) bond motifs is 1. The summed E-state index contributed by atoms with van der Waals surface area (Å²) in [5, 5.41) is 0.727. The van der Waals surface area contributed by atoms with Crippen molar-refractivity contribution in [2.45, 2.75) is 0 Å². The van der Waals surface area contributed by atoms with Crippen LogP contribution in [0.3, 0.4) is 0 Å². The Labute approximate surface area is 102 Å². The van der Waals surface area contributed by atoms with Gasteiger partial charge in [-0.1, -0.05) is 18.2 Å². The number of hydrogen-bond donors (Lipinski definition) is 4. The molecule has 0 bridgehead atoms. The number of carbonyl (C=O) groups is 2. The normalized spacial score (nSPS) is 10.1. The van der Waals surface area contributed by atoms with Crippen LogP contribution in [0.4, 0.5) is 0 Å². The summed E-state index contributed by atoms with van der Waals surface area (Å²) >= 11 is 0. The highest BCUT2D eigenvalue weighted by Crippen LogP contribution is 2.16. The van der Waals surface area contributed by atoms with Gasteiger partial charge in [-0.05, 0) is 12.1 Å². The van der Waals surface area contributed by atoms with Crippen LogP contribution >= 0.6 is 0 Å². The second-order valence-electron chi connectivity index (χ2n) is 3.52. The largest absolute Gasteiger partial charge is 0.290 e. The number of benzene rings is 1. The topological polar surface area (TPSA) is 123 Å². The van der Waals surface area contributed by atoms with Gasteiger partial charge in [0.1, 0.15) is 5.69 Å². The molecule has 0 aliphatic heterocycles. The van der Waals surface area contributed by atoms with Crippen molar-refractivity contribution in [3.63, 3.8) is 0 Å². The average molecular weight is 245 g/mol. The predicted molar refractivity (Wildman–Crippen MR) is 65.1 cm³/mol. The van der Waals surface area contributed by atoms with Crippen LogP contribution in [-0.4, -0.2) is 16.8 Å². The lowest BCUT2D eigenvalue weighted by molar-refractivity contribution is 0.0916. The number of hydrogen-bond acceptors (Lipinski definition) is 5. The van der Waals surface area contributed by atoms with E-state index in [1.165, 1.54) is 6.07 Å². The molecule has 1 aromatic heterocycles. The molecule has 7 nitrogen and oxygen atoms in total. The van der Waals surface area contributed by atoms with E-state index < -0.39 is 11.8 Å². The van der Waals surface area contributed by atoms with E-state index in [0.29, 0.717) is 5.52 Å². The van der Waals surface area contributed by atoms with Crippen molar-refractivity contribution in [3.05, 3.63) is 41.6 Å². The fourth-order valence-corrected chi connectivity index (χ4v) is 1.61. The molecule has 6 N–H and O–H groups in total. The zero-order valence-electron chi connectivity index (χ0n) is 9.31. The fraction of sp³-hybridized carbons (Fsp3) is 0. The summed E-state index contributed by atoms with van der Waals surface area (Å²) in [6.07, 6.45) is 0. The molecule has 7 heteroatoms. The molecule has 0 saturated heterocycles. The molecule has 0 radical (unpaired) electrons. The van der Waals surface area contributed by atoms with Crippen LogP contribution in [0, 0.1) is 0 Å². The van der Waals surface area contributed by atoms with Gasteiger partial charge in [-0.3, -0.25) is 20.4 Å². The lowest BCUT2D eigenvalue weighted by atomic mass is 10.1.